The van der Waals surface area contributed by atoms with Gasteiger partial charge in [0, 0.05) is 6.42 Å². The van der Waals surface area contributed by atoms with Gasteiger partial charge in [-0.05, 0) is 31.8 Å². The zero-order valence-corrected chi connectivity index (χ0v) is 14.9. The fourth-order valence-electron chi connectivity index (χ4n) is 3.41. The minimum absolute atomic E-state index is 0.331. The number of rotatable bonds is 13. The first-order chi connectivity index (χ1) is 10.5. The van der Waals surface area contributed by atoms with Gasteiger partial charge in [0.2, 0.25) is 0 Å². The Bertz CT molecular complexity index is 333. The molecule has 0 heterocycles. The molecule has 0 radical (unpaired) electrons. The van der Waals surface area contributed by atoms with E-state index >= 15 is 0 Å². The molecule has 0 rings (SSSR count). The summed E-state index contributed by atoms with van der Waals surface area (Å²) in [4.78, 5) is 11.6. The van der Waals surface area contributed by atoms with E-state index in [1.165, 1.54) is 0 Å². The van der Waals surface area contributed by atoms with Gasteiger partial charge in [-0.2, -0.15) is 0 Å². The minimum Gasteiger partial charge on any atom is -0.544 e. The molecule has 1 atom stereocenters. The van der Waals surface area contributed by atoms with Crippen molar-refractivity contribution < 1.29 is 19.5 Å². The molecule has 0 fully saturated rings. The topological polar surface area (TPSA) is 60.4 Å². The van der Waals surface area contributed by atoms with Gasteiger partial charge in [-0.15, -0.1) is 0 Å². The van der Waals surface area contributed by atoms with E-state index in [9.17, 15) is 15.0 Å². The van der Waals surface area contributed by atoms with Gasteiger partial charge in [0.1, 0.15) is 18.3 Å². The Morgan fingerprint density at radius 2 is 1.68 bits per heavy atom. The molecule has 130 valence electrons. The molecule has 0 aliphatic carbocycles. The molecule has 0 aliphatic heterocycles. The molecule has 0 aromatic heterocycles. The zero-order valence-electron chi connectivity index (χ0n) is 14.9. The van der Waals surface area contributed by atoms with Crippen LogP contribution in [0.4, 0.5) is 0 Å². The second kappa shape index (κ2) is 11.5. The maximum atomic E-state index is 11.6. The third-order valence-electron chi connectivity index (χ3n) is 4.32. The number of aliphatic hydroxyl groups excluding tert-OH is 1. The molecular weight excluding hydrogens is 278 g/mol. The maximum absolute atomic E-state index is 11.6. The largest absolute Gasteiger partial charge is 0.544 e. The summed E-state index contributed by atoms with van der Waals surface area (Å²) in [6, 6.07) is -0.550. The van der Waals surface area contributed by atoms with E-state index < -0.39 is 12.0 Å². The summed E-state index contributed by atoms with van der Waals surface area (Å²) in [6.45, 7) is 10.1. The first-order valence-electron chi connectivity index (χ1n) is 8.91. The van der Waals surface area contributed by atoms with E-state index in [4.69, 9.17) is 0 Å². The number of aliphatic hydroxyl groups is 1. The third-order valence-corrected chi connectivity index (χ3v) is 4.32. The highest BCUT2D eigenvalue weighted by Crippen LogP contribution is 2.21. The number of hydrogen-bond acceptors (Lipinski definition) is 3. The Balaban J connectivity index is 5.15. The van der Waals surface area contributed by atoms with Crippen LogP contribution in [-0.2, 0) is 4.79 Å². The van der Waals surface area contributed by atoms with Crippen LogP contribution in [0.5, 0.6) is 0 Å². The molecule has 4 heteroatoms. The second-order valence-corrected chi connectivity index (χ2v) is 6.26. The Morgan fingerprint density at radius 3 is 2.09 bits per heavy atom. The molecule has 1 N–H and O–H groups in total. The summed E-state index contributed by atoms with van der Waals surface area (Å²) in [7, 11) is 0. The fourth-order valence-corrected chi connectivity index (χ4v) is 3.41. The summed E-state index contributed by atoms with van der Waals surface area (Å²) in [6.07, 6.45) is 8.44. The summed E-state index contributed by atoms with van der Waals surface area (Å²) < 4.78 is 0.405. The SMILES string of the molecule is CCCCC/C=C(\O)C[N+](CCC)(CCC)C(CC)C(=O)[O-]. The van der Waals surface area contributed by atoms with Crippen LogP contribution in [0.3, 0.4) is 0 Å². The first kappa shape index (κ1) is 21.0. The Labute approximate surface area is 136 Å². The summed E-state index contributed by atoms with van der Waals surface area (Å²) in [5.41, 5.74) is 0. The quantitative estimate of drug-likeness (QED) is 0.323. The van der Waals surface area contributed by atoms with Crippen LogP contribution in [0.15, 0.2) is 11.8 Å². The van der Waals surface area contributed by atoms with Gasteiger partial charge in [-0.3, -0.25) is 0 Å². The van der Waals surface area contributed by atoms with Crippen molar-refractivity contribution in [3.05, 3.63) is 11.8 Å². The normalized spacial score (nSPS) is 14.1. The van der Waals surface area contributed by atoms with E-state index in [0.717, 1.165) is 51.6 Å². The van der Waals surface area contributed by atoms with Crippen molar-refractivity contribution in [2.24, 2.45) is 0 Å². The molecule has 0 saturated heterocycles. The molecule has 0 saturated carbocycles. The van der Waals surface area contributed by atoms with Crippen LogP contribution in [-0.4, -0.2) is 41.2 Å². The lowest BCUT2D eigenvalue weighted by Gasteiger charge is -2.45. The van der Waals surface area contributed by atoms with E-state index in [0.29, 0.717) is 23.2 Å². The number of allylic oxidation sites excluding steroid dienone is 1. The van der Waals surface area contributed by atoms with E-state index in [2.05, 4.69) is 20.8 Å². The number of carboxylic acid groups (broad SMARTS) is 1. The predicted octanol–water partition coefficient (Wildman–Crippen LogP) is 3.17. The number of carbonyl (C=O) groups excluding carboxylic acids is 1. The van der Waals surface area contributed by atoms with Crippen LogP contribution in [0.25, 0.3) is 0 Å². The van der Waals surface area contributed by atoms with Gasteiger partial charge in [0.25, 0.3) is 0 Å². The minimum atomic E-state index is -0.997. The van der Waals surface area contributed by atoms with Crippen LogP contribution in [0.1, 0.15) is 72.6 Å². The molecule has 1 unspecified atom stereocenters. The van der Waals surface area contributed by atoms with Gasteiger partial charge in [-0.1, -0.05) is 40.5 Å². The second-order valence-electron chi connectivity index (χ2n) is 6.26. The summed E-state index contributed by atoms with van der Waals surface area (Å²) >= 11 is 0. The van der Waals surface area contributed by atoms with Crippen molar-refractivity contribution in [3.63, 3.8) is 0 Å². The Hall–Kier alpha value is -1.03. The highest BCUT2D eigenvalue weighted by atomic mass is 16.4. The highest BCUT2D eigenvalue weighted by molar-refractivity contribution is 5.69. The number of hydrogen-bond donors (Lipinski definition) is 1. The smallest absolute Gasteiger partial charge is 0.143 e. The Morgan fingerprint density at radius 1 is 1.09 bits per heavy atom. The van der Waals surface area contributed by atoms with Crippen LogP contribution in [0.2, 0.25) is 0 Å². The van der Waals surface area contributed by atoms with Crippen LogP contribution >= 0.6 is 0 Å². The molecule has 0 aromatic carbocycles. The van der Waals surface area contributed by atoms with Crippen molar-refractivity contribution in [2.75, 3.05) is 19.6 Å². The number of carboxylic acids is 1. The van der Waals surface area contributed by atoms with Crippen molar-refractivity contribution >= 4 is 5.97 Å². The molecule has 0 aromatic rings. The van der Waals surface area contributed by atoms with Gasteiger partial charge >= 0.3 is 0 Å². The van der Waals surface area contributed by atoms with Crippen molar-refractivity contribution in [1.82, 2.24) is 0 Å². The molecular formula is C18H35NO3. The summed E-state index contributed by atoms with van der Waals surface area (Å²) in [5, 5.41) is 21.9. The lowest BCUT2D eigenvalue weighted by Crippen LogP contribution is -2.63. The van der Waals surface area contributed by atoms with Crippen molar-refractivity contribution in [2.45, 2.75) is 78.7 Å². The average Bonchev–Trinajstić information content (AvgIpc) is 2.44. The fraction of sp³-hybridized carbons (Fsp3) is 0.833. The molecule has 0 spiro atoms. The van der Waals surface area contributed by atoms with Gasteiger partial charge in [0.05, 0.1) is 19.1 Å². The first-order valence-corrected chi connectivity index (χ1v) is 8.91. The maximum Gasteiger partial charge on any atom is 0.143 e. The predicted molar refractivity (Wildman–Crippen MR) is 89.4 cm³/mol. The molecule has 0 aliphatic rings. The summed E-state index contributed by atoms with van der Waals surface area (Å²) in [5.74, 6) is -0.666. The van der Waals surface area contributed by atoms with E-state index in [-0.39, 0.29) is 0 Å². The molecule has 0 bridgehead atoms. The number of carbonyl (C=O) groups is 1. The van der Waals surface area contributed by atoms with E-state index in [1.54, 1.807) is 0 Å². The average molecular weight is 313 g/mol. The number of quaternary nitrogens is 1. The number of unbranched alkanes of at least 4 members (excludes halogenated alkanes) is 3. The molecule has 4 nitrogen and oxygen atoms in total. The monoisotopic (exact) mass is 313 g/mol. The van der Waals surface area contributed by atoms with Gasteiger partial charge in [0.15, 0.2) is 0 Å². The number of aliphatic carboxylic acids is 1. The Kier molecular flexibility index (Phi) is 11.0. The van der Waals surface area contributed by atoms with Crippen LogP contribution in [0, 0.1) is 0 Å². The molecule has 22 heavy (non-hydrogen) atoms. The lowest BCUT2D eigenvalue weighted by molar-refractivity contribution is -0.942. The van der Waals surface area contributed by atoms with Crippen molar-refractivity contribution in [1.29, 1.82) is 0 Å². The van der Waals surface area contributed by atoms with Gasteiger partial charge in [-0.25, -0.2) is 0 Å². The molecule has 0 amide bonds. The third kappa shape index (κ3) is 6.82. The van der Waals surface area contributed by atoms with Crippen LogP contribution < -0.4 is 5.11 Å². The van der Waals surface area contributed by atoms with E-state index in [1.807, 2.05) is 13.0 Å². The standard InChI is InChI=1S/C18H35NO3/c1-5-9-10-11-12-16(20)15-19(13-6-2,14-7-3)17(8-4)18(21)22/h12,17H,5-11,13-15H2,1-4H3,(H-,20,21,22)/b16-12-. The lowest BCUT2D eigenvalue weighted by atomic mass is 10.1. The van der Waals surface area contributed by atoms with Crippen molar-refractivity contribution in [3.8, 4) is 0 Å². The number of nitrogens with zero attached hydrogens (tertiary/aromatic N) is 1. The highest BCUT2D eigenvalue weighted by Gasteiger charge is 2.36. The zero-order chi connectivity index (χ0) is 17.0. The van der Waals surface area contributed by atoms with Gasteiger partial charge < -0.3 is 19.5 Å².